The molecule has 0 aliphatic carbocycles. The number of cyclic esters (lactones) is 1. The fourth-order valence-electron chi connectivity index (χ4n) is 1.18. The maximum Gasteiger partial charge on any atom is 0.378 e. The van der Waals surface area contributed by atoms with Gasteiger partial charge in [0.15, 0.2) is 11.9 Å². The van der Waals surface area contributed by atoms with Gasteiger partial charge in [0.25, 0.3) is 0 Å². The van der Waals surface area contributed by atoms with Gasteiger partial charge in [0.1, 0.15) is 6.10 Å². The van der Waals surface area contributed by atoms with E-state index >= 15 is 0 Å². The summed E-state index contributed by atoms with van der Waals surface area (Å²) in [5.74, 6) is -0.378. The number of esters is 1. The van der Waals surface area contributed by atoms with Gasteiger partial charge < -0.3 is 19.3 Å². The summed E-state index contributed by atoms with van der Waals surface area (Å²) in [5, 5.41) is 9.78. The summed E-state index contributed by atoms with van der Waals surface area (Å²) in [4.78, 5) is 11.2. The third-order valence-electron chi connectivity index (χ3n) is 1.83. The number of carbonyl (C=O) groups excluding carboxylic acids is 1. The molecule has 0 fully saturated rings. The van der Waals surface area contributed by atoms with Crippen LogP contribution in [0.5, 0.6) is 0 Å². The average Bonchev–Trinajstić information content (AvgIpc) is 2.53. The van der Waals surface area contributed by atoms with E-state index in [1.54, 1.807) is 0 Å². The summed E-state index contributed by atoms with van der Waals surface area (Å²) in [6, 6.07) is 0. The van der Waals surface area contributed by atoms with Crippen molar-refractivity contribution in [1.82, 2.24) is 0 Å². The molecule has 0 aromatic heterocycles. The molecule has 0 saturated carbocycles. The topological polar surface area (TPSA) is 65.0 Å². The van der Waals surface area contributed by atoms with Crippen molar-refractivity contribution in [1.29, 1.82) is 0 Å². The molecule has 14 heavy (non-hydrogen) atoms. The minimum Gasteiger partial charge on any atom is -0.493 e. The van der Waals surface area contributed by atoms with Crippen LogP contribution >= 0.6 is 15.9 Å². The number of alkyl halides is 1. The Balaban J connectivity index is 2.92. The highest BCUT2D eigenvalue weighted by atomic mass is 79.9. The van der Waals surface area contributed by atoms with E-state index in [2.05, 4.69) is 15.9 Å². The lowest BCUT2D eigenvalue weighted by Crippen LogP contribution is -2.30. The van der Waals surface area contributed by atoms with E-state index in [0.29, 0.717) is 0 Å². The van der Waals surface area contributed by atoms with Crippen LogP contribution in [-0.4, -0.2) is 42.8 Å². The number of carbonyl (C=O) groups is 1. The van der Waals surface area contributed by atoms with Crippen molar-refractivity contribution in [2.24, 2.45) is 0 Å². The van der Waals surface area contributed by atoms with Gasteiger partial charge in [-0.25, -0.2) is 4.79 Å². The molecule has 6 heteroatoms. The third-order valence-corrected chi connectivity index (χ3v) is 2.50. The van der Waals surface area contributed by atoms with Gasteiger partial charge in [0.2, 0.25) is 5.76 Å². The maximum absolute atomic E-state index is 11.2. The molecule has 0 aromatic rings. The Bertz CT molecular complexity index is 262. The monoisotopic (exact) mass is 266 g/mol. The molecule has 2 atom stereocenters. The summed E-state index contributed by atoms with van der Waals surface area (Å²) in [6.45, 7) is 0. The lowest BCUT2D eigenvalue weighted by Gasteiger charge is -2.16. The molecular formula is C8H11BrO5. The van der Waals surface area contributed by atoms with Crippen molar-refractivity contribution in [3.8, 4) is 0 Å². The Kier molecular flexibility index (Phi) is 3.77. The Morgan fingerprint density at radius 3 is 2.64 bits per heavy atom. The highest BCUT2D eigenvalue weighted by Gasteiger charge is 2.40. The molecular weight excluding hydrogens is 256 g/mol. The van der Waals surface area contributed by atoms with Crippen molar-refractivity contribution < 1.29 is 24.1 Å². The molecule has 1 rings (SSSR count). The molecule has 0 bridgehead atoms. The second kappa shape index (κ2) is 4.65. The number of aliphatic hydroxyl groups excluding tert-OH is 1. The normalized spacial score (nSPS) is 23.4. The van der Waals surface area contributed by atoms with Crippen LogP contribution in [0.2, 0.25) is 0 Å². The third kappa shape index (κ3) is 1.85. The van der Waals surface area contributed by atoms with E-state index in [-0.39, 0.29) is 16.8 Å². The number of hydrogen-bond donors (Lipinski definition) is 1. The molecule has 80 valence electrons. The first-order valence-electron chi connectivity index (χ1n) is 3.92. The number of halogens is 1. The molecule has 1 heterocycles. The van der Waals surface area contributed by atoms with Crippen LogP contribution in [0.4, 0.5) is 0 Å². The lowest BCUT2D eigenvalue weighted by atomic mass is 10.2. The van der Waals surface area contributed by atoms with Crippen LogP contribution in [0, 0.1) is 0 Å². The molecule has 1 N–H and O–H groups in total. The van der Waals surface area contributed by atoms with Gasteiger partial charge in [-0.2, -0.15) is 0 Å². The zero-order chi connectivity index (χ0) is 10.7. The summed E-state index contributed by atoms with van der Waals surface area (Å²) in [7, 11) is 2.74. The first-order valence-corrected chi connectivity index (χ1v) is 5.05. The maximum atomic E-state index is 11.2. The average molecular weight is 267 g/mol. The second-order valence-electron chi connectivity index (χ2n) is 2.65. The molecule has 0 spiro atoms. The summed E-state index contributed by atoms with van der Waals surface area (Å²) >= 11 is 3.08. The van der Waals surface area contributed by atoms with Gasteiger partial charge in [0.05, 0.1) is 14.2 Å². The van der Waals surface area contributed by atoms with Crippen LogP contribution in [0.1, 0.15) is 0 Å². The quantitative estimate of drug-likeness (QED) is 0.581. The number of ether oxygens (including phenoxy) is 3. The van der Waals surface area contributed by atoms with E-state index in [1.807, 2.05) is 0 Å². The fraction of sp³-hybridized carbons (Fsp3) is 0.625. The molecule has 5 nitrogen and oxygen atoms in total. The SMILES string of the molecule is COC1=C(OC)C(C(O)CBr)OC1=O. The zero-order valence-corrected chi connectivity index (χ0v) is 9.41. The molecule has 2 unspecified atom stereocenters. The highest BCUT2D eigenvalue weighted by molar-refractivity contribution is 9.09. The van der Waals surface area contributed by atoms with E-state index in [0.717, 1.165) is 0 Å². The van der Waals surface area contributed by atoms with Crippen molar-refractivity contribution in [3.63, 3.8) is 0 Å². The number of aliphatic hydroxyl groups is 1. The first kappa shape index (κ1) is 11.3. The molecule has 0 saturated heterocycles. The van der Waals surface area contributed by atoms with Crippen molar-refractivity contribution in [3.05, 3.63) is 11.5 Å². The lowest BCUT2D eigenvalue weighted by molar-refractivity contribution is -0.146. The van der Waals surface area contributed by atoms with Gasteiger partial charge in [-0.15, -0.1) is 0 Å². The van der Waals surface area contributed by atoms with Gasteiger partial charge in [-0.3, -0.25) is 0 Å². The molecule has 0 radical (unpaired) electrons. The van der Waals surface area contributed by atoms with Gasteiger partial charge in [-0.1, -0.05) is 15.9 Å². The minimum atomic E-state index is -0.846. The van der Waals surface area contributed by atoms with Gasteiger partial charge in [-0.05, 0) is 0 Å². The molecule has 0 amide bonds. The first-order chi connectivity index (χ1) is 6.65. The van der Waals surface area contributed by atoms with E-state index < -0.39 is 18.2 Å². The van der Waals surface area contributed by atoms with E-state index in [9.17, 15) is 9.90 Å². The Hall–Kier alpha value is -0.750. The summed E-state index contributed by atoms with van der Waals surface area (Å²) in [6.07, 6.45) is -1.64. The van der Waals surface area contributed by atoms with Crippen molar-refractivity contribution in [2.45, 2.75) is 12.2 Å². The highest BCUT2D eigenvalue weighted by Crippen LogP contribution is 2.26. The largest absolute Gasteiger partial charge is 0.493 e. The molecule has 1 aliphatic rings. The van der Waals surface area contributed by atoms with Crippen LogP contribution in [0.15, 0.2) is 11.5 Å². The second-order valence-corrected chi connectivity index (χ2v) is 3.30. The van der Waals surface area contributed by atoms with Crippen LogP contribution in [0.3, 0.4) is 0 Å². The fourth-order valence-corrected chi connectivity index (χ4v) is 1.52. The number of rotatable bonds is 4. The van der Waals surface area contributed by atoms with Crippen LogP contribution in [0.25, 0.3) is 0 Å². The number of hydrogen-bond acceptors (Lipinski definition) is 5. The van der Waals surface area contributed by atoms with E-state index in [1.165, 1.54) is 14.2 Å². The Labute approximate surface area is 89.8 Å². The molecule has 1 aliphatic heterocycles. The predicted molar refractivity (Wildman–Crippen MR) is 50.7 cm³/mol. The Morgan fingerprint density at radius 2 is 2.21 bits per heavy atom. The van der Waals surface area contributed by atoms with Gasteiger partial charge >= 0.3 is 5.97 Å². The minimum absolute atomic E-state index is 0.0116. The van der Waals surface area contributed by atoms with Gasteiger partial charge in [0, 0.05) is 5.33 Å². The summed E-state index contributed by atoms with van der Waals surface area (Å²) in [5.41, 5.74) is 0. The smallest absolute Gasteiger partial charge is 0.378 e. The van der Waals surface area contributed by atoms with Crippen LogP contribution in [-0.2, 0) is 19.0 Å². The standard InChI is InChI=1S/C8H11BrO5/c1-12-6-5(4(10)3-9)14-8(11)7(6)13-2/h4-5,10H,3H2,1-2H3. The molecule has 0 aromatic carbocycles. The zero-order valence-electron chi connectivity index (χ0n) is 7.82. The van der Waals surface area contributed by atoms with Crippen LogP contribution < -0.4 is 0 Å². The van der Waals surface area contributed by atoms with Crippen molar-refractivity contribution in [2.75, 3.05) is 19.5 Å². The predicted octanol–water partition coefficient (Wildman–Crippen LogP) is 0.172. The van der Waals surface area contributed by atoms with Crippen molar-refractivity contribution >= 4 is 21.9 Å². The Morgan fingerprint density at radius 1 is 1.57 bits per heavy atom. The number of methoxy groups -OCH3 is 2. The van der Waals surface area contributed by atoms with E-state index in [4.69, 9.17) is 14.2 Å². The summed E-state index contributed by atoms with van der Waals surface area (Å²) < 4.78 is 14.6.